The molecular weight excluding hydrogens is 464 g/mol. The Bertz CT molecular complexity index is 1480. The number of methoxy groups -OCH3 is 1. The van der Waals surface area contributed by atoms with Gasteiger partial charge in [-0.15, -0.1) is 0 Å². The van der Waals surface area contributed by atoms with Crippen molar-refractivity contribution < 1.29 is 17.9 Å². The van der Waals surface area contributed by atoms with Crippen LogP contribution in [-0.4, -0.2) is 31.2 Å². The highest BCUT2D eigenvalue weighted by atomic mass is 32.2. The number of amides is 1. The third kappa shape index (κ3) is 5.04. The second-order valence-electron chi connectivity index (χ2n) is 8.06. The highest BCUT2D eigenvalue weighted by molar-refractivity contribution is 7.92. The predicted molar refractivity (Wildman–Crippen MR) is 136 cm³/mol. The molecule has 0 aliphatic carbocycles. The third-order valence-corrected chi connectivity index (χ3v) is 7.12. The Morgan fingerprint density at radius 1 is 0.914 bits per heavy atom. The Hall–Kier alpha value is -4.11. The monoisotopic (exact) mass is 490 g/mol. The van der Waals surface area contributed by atoms with Gasteiger partial charge in [-0.2, -0.15) is 5.10 Å². The zero-order valence-electron chi connectivity index (χ0n) is 19.9. The van der Waals surface area contributed by atoms with Gasteiger partial charge >= 0.3 is 0 Å². The van der Waals surface area contributed by atoms with Crippen LogP contribution in [-0.2, 0) is 10.0 Å². The molecule has 180 valence electrons. The molecule has 4 rings (SSSR count). The zero-order chi connectivity index (χ0) is 25.2. The predicted octanol–water partition coefficient (Wildman–Crippen LogP) is 4.86. The van der Waals surface area contributed by atoms with Crippen LogP contribution < -0.4 is 14.8 Å². The van der Waals surface area contributed by atoms with Crippen LogP contribution in [0.15, 0.2) is 77.7 Å². The summed E-state index contributed by atoms with van der Waals surface area (Å²) < 4.78 is 35.6. The lowest BCUT2D eigenvalue weighted by atomic mass is 10.1. The molecule has 0 unspecified atom stereocenters. The number of aryl methyl sites for hydroxylation is 2. The first kappa shape index (κ1) is 24.0. The fourth-order valence-electron chi connectivity index (χ4n) is 3.82. The van der Waals surface area contributed by atoms with Gasteiger partial charge in [0.05, 0.1) is 34.6 Å². The smallest absolute Gasteiger partial charge is 0.262 e. The number of nitrogens with zero attached hydrogens (tertiary/aromatic N) is 2. The number of nitrogens with one attached hydrogen (secondary N) is 2. The normalized spacial score (nSPS) is 11.2. The molecule has 1 heterocycles. The van der Waals surface area contributed by atoms with E-state index in [9.17, 15) is 13.2 Å². The van der Waals surface area contributed by atoms with Crippen molar-refractivity contribution in [2.75, 3.05) is 17.1 Å². The van der Waals surface area contributed by atoms with E-state index in [1.807, 2.05) is 37.3 Å². The number of rotatable bonds is 7. The second-order valence-corrected chi connectivity index (χ2v) is 9.71. The summed E-state index contributed by atoms with van der Waals surface area (Å²) in [5, 5.41) is 7.34. The molecule has 3 aromatic carbocycles. The summed E-state index contributed by atoms with van der Waals surface area (Å²) in [6.45, 7) is 5.29. The summed E-state index contributed by atoms with van der Waals surface area (Å²) in [4.78, 5) is 13.2. The lowest BCUT2D eigenvalue weighted by Crippen LogP contribution is -2.17. The van der Waals surface area contributed by atoms with Crippen LogP contribution in [0.5, 0.6) is 5.75 Å². The Labute approximate surface area is 204 Å². The Morgan fingerprint density at radius 3 is 2.23 bits per heavy atom. The summed E-state index contributed by atoms with van der Waals surface area (Å²) in [6, 6.07) is 20.9. The standard InChI is InChI=1S/C26H26N4O4S/c1-17-10-11-21(16-24(17)35(32,33)29-20-12-14-23(34-4)15-13-20)27-26(31)25-18(2)28-30(19(25)3)22-8-6-5-7-9-22/h5-16,29H,1-4H3,(H,27,31). The molecule has 0 bridgehead atoms. The number of carbonyl (C=O) groups excluding carboxylic acids is 1. The topological polar surface area (TPSA) is 102 Å². The fourth-order valence-corrected chi connectivity index (χ4v) is 5.15. The third-order valence-electron chi connectivity index (χ3n) is 5.60. The van der Waals surface area contributed by atoms with Crippen molar-refractivity contribution in [3.63, 3.8) is 0 Å². The van der Waals surface area contributed by atoms with Gasteiger partial charge in [-0.25, -0.2) is 13.1 Å². The van der Waals surface area contributed by atoms with Crippen molar-refractivity contribution in [1.82, 2.24) is 9.78 Å². The van der Waals surface area contributed by atoms with Crippen LogP contribution in [0.1, 0.15) is 27.3 Å². The number of ether oxygens (including phenoxy) is 1. The summed E-state index contributed by atoms with van der Waals surface area (Å²) >= 11 is 0. The molecule has 9 heteroatoms. The molecule has 0 aliphatic heterocycles. The van der Waals surface area contributed by atoms with E-state index in [4.69, 9.17) is 4.74 Å². The molecule has 0 saturated carbocycles. The first-order valence-corrected chi connectivity index (χ1v) is 12.4. The van der Waals surface area contributed by atoms with E-state index < -0.39 is 10.0 Å². The fraction of sp³-hybridized carbons (Fsp3) is 0.154. The first-order chi connectivity index (χ1) is 16.7. The number of para-hydroxylation sites is 1. The van der Waals surface area contributed by atoms with Gasteiger partial charge in [0.1, 0.15) is 5.75 Å². The highest BCUT2D eigenvalue weighted by Crippen LogP contribution is 2.25. The lowest BCUT2D eigenvalue weighted by molar-refractivity contribution is 0.102. The number of hydrogen-bond acceptors (Lipinski definition) is 5. The van der Waals surface area contributed by atoms with Crippen molar-refractivity contribution in [3.8, 4) is 11.4 Å². The molecule has 2 N–H and O–H groups in total. The maximum Gasteiger partial charge on any atom is 0.262 e. The minimum absolute atomic E-state index is 0.0690. The van der Waals surface area contributed by atoms with E-state index in [1.54, 1.807) is 54.9 Å². The summed E-state index contributed by atoms with van der Waals surface area (Å²) in [5.74, 6) is 0.257. The SMILES string of the molecule is COc1ccc(NS(=O)(=O)c2cc(NC(=O)c3c(C)nn(-c4ccccc4)c3C)ccc2C)cc1. The minimum atomic E-state index is -3.89. The van der Waals surface area contributed by atoms with E-state index in [-0.39, 0.29) is 10.8 Å². The van der Waals surface area contributed by atoms with Gasteiger partial charge in [-0.3, -0.25) is 9.52 Å². The molecule has 0 saturated heterocycles. The van der Waals surface area contributed by atoms with E-state index >= 15 is 0 Å². The number of aromatic nitrogens is 2. The Balaban J connectivity index is 1.59. The molecule has 8 nitrogen and oxygen atoms in total. The van der Waals surface area contributed by atoms with Crippen LogP contribution in [0.25, 0.3) is 5.69 Å². The molecule has 4 aromatic rings. The maximum absolute atomic E-state index is 13.2. The molecule has 1 aromatic heterocycles. The summed E-state index contributed by atoms with van der Waals surface area (Å²) in [6.07, 6.45) is 0. The van der Waals surface area contributed by atoms with Crippen LogP contribution in [0, 0.1) is 20.8 Å². The quantitative estimate of drug-likeness (QED) is 0.385. The van der Waals surface area contributed by atoms with Gasteiger partial charge in [-0.1, -0.05) is 24.3 Å². The highest BCUT2D eigenvalue weighted by Gasteiger charge is 2.22. The molecule has 0 aliphatic rings. The first-order valence-electron chi connectivity index (χ1n) is 10.9. The molecule has 0 radical (unpaired) electrons. The second kappa shape index (κ2) is 9.63. The minimum Gasteiger partial charge on any atom is -0.497 e. The number of benzene rings is 3. The van der Waals surface area contributed by atoms with Crippen LogP contribution in [0.3, 0.4) is 0 Å². The molecule has 1 amide bonds. The van der Waals surface area contributed by atoms with Crippen LogP contribution in [0.2, 0.25) is 0 Å². The lowest BCUT2D eigenvalue weighted by Gasteiger charge is -2.13. The van der Waals surface area contributed by atoms with Crippen molar-refractivity contribution >= 4 is 27.3 Å². The summed E-state index contributed by atoms with van der Waals surface area (Å²) in [7, 11) is -2.35. The molecule has 0 atom stereocenters. The number of hydrogen-bond donors (Lipinski definition) is 2. The van der Waals surface area contributed by atoms with Crippen LogP contribution >= 0.6 is 0 Å². The van der Waals surface area contributed by atoms with Crippen molar-refractivity contribution in [2.45, 2.75) is 25.7 Å². The Kier molecular flexibility index (Phi) is 6.61. The molecule has 0 spiro atoms. The van der Waals surface area contributed by atoms with Gasteiger partial charge in [0.25, 0.3) is 15.9 Å². The zero-order valence-corrected chi connectivity index (χ0v) is 20.7. The molecule has 0 fully saturated rings. The van der Waals surface area contributed by atoms with E-state index in [0.717, 1.165) is 5.69 Å². The summed E-state index contributed by atoms with van der Waals surface area (Å²) in [5.41, 5.74) is 3.86. The average molecular weight is 491 g/mol. The largest absolute Gasteiger partial charge is 0.497 e. The number of sulfonamides is 1. The van der Waals surface area contributed by atoms with Crippen molar-refractivity contribution in [3.05, 3.63) is 95.3 Å². The van der Waals surface area contributed by atoms with Crippen molar-refractivity contribution in [2.24, 2.45) is 0 Å². The van der Waals surface area contributed by atoms with E-state index in [1.165, 1.54) is 13.2 Å². The van der Waals surface area contributed by atoms with Crippen LogP contribution in [0.4, 0.5) is 11.4 Å². The van der Waals surface area contributed by atoms with E-state index in [0.29, 0.717) is 39.6 Å². The van der Waals surface area contributed by atoms with Gasteiger partial charge in [0.15, 0.2) is 0 Å². The van der Waals surface area contributed by atoms with Gasteiger partial charge < -0.3 is 10.1 Å². The number of carbonyl (C=O) groups is 1. The molecular formula is C26H26N4O4S. The maximum atomic E-state index is 13.2. The molecule has 35 heavy (non-hydrogen) atoms. The van der Waals surface area contributed by atoms with Gasteiger partial charge in [-0.05, 0) is 74.9 Å². The van der Waals surface area contributed by atoms with Gasteiger partial charge in [0, 0.05) is 11.4 Å². The average Bonchev–Trinajstić information content (AvgIpc) is 3.14. The van der Waals surface area contributed by atoms with E-state index in [2.05, 4.69) is 15.1 Å². The Morgan fingerprint density at radius 2 is 1.57 bits per heavy atom. The van der Waals surface area contributed by atoms with Gasteiger partial charge in [0.2, 0.25) is 0 Å². The number of anilines is 2. The van der Waals surface area contributed by atoms with Crippen molar-refractivity contribution in [1.29, 1.82) is 0 Å².